The van der Waals surface area contributed by atoms with Crippen LogP contribution in [-0.2, 0) is 10.5 Å². The average Bonchev–Trinajstić information content (AvgIpc) is 3.24. The molecule has 0 aliphatic carbocycles. The van der Waals surface area contributed by atoms with Crippen LogP contribution in [0.2, 0.25) is 0 Å². The SMILES string of the molecule is C=C1c2cc(-c3nnc(C(F)F)o3)ccc2OC(C)(c2ccc(F)cc2)N1CCOC. The van der Waals surface area contributed by atoms with Crippen molar-refractivity contribution >= 4 is 5.70 Å². The van der Waals surface area contributed by atoms with E-state index in [1.165, 1.54) is 12.1 Å². The molecule has 0 amide bonds. The first kappa shape index (κ1) is 20.9. The molecular formula is C22H20F3N3O3. The van der Waals surface area contributed by atoms with Gasteiger partial charge in [0.25, 0.3) is 5.89 Å². The number of alkyl halides is 2. The lowest BCUT2D eigenvalue weighted by Gasteiger charge is -2.47. The highest BCUT2D eigenvalue weighted by Gasteiger charge is 2.42. The minimum atomic E-state index is -2.85. The first-order valence-electron chi connectivity index (χ1n) is 9.50. The summed E-state index contributed by atoms with van der Waals surface area (Å²) in [5.41, 5.74) is 1.50. The van der Waals surface area contributed by atoms with Crippen molar-refractivity contribution in [1.29, 1.82) is 0 Å². The maximum absolute atomic E-state index is 13.5. The maximum atomic E-state index is 13.5. The Hall–Kier alpha value is -3.33. The number of aromatic nitrogens is 2. The van der Waals surface area contributed by atoms with E-state index in [9.17, 15) is 13.2 Å². The Morgan fingerprint density at radius 2 is 1.90 bits per heavy atom. The number of nitrogens with zero attached hydrogens (tertiary/aromatic N) is 3. The molecule has 0 fully saturated rings. The summed E-state index contributed by atoms with van der Waals surface area (Å²) < 4.78 is 55.8. The predicted octanol–water partition coefficient (Wildman–Crippen LogP) is 5.00. The van der Waals surface area contributed by atoms with Crippen molar-refractivity contribution in [3.63, 3.8) is 0 Å². The van der Waals surface area contributed by atoms with Gasteiger partial charge < -0.3 is 18.8 Å². The summed E-state index contributed by atoms with van der Waals surface area (Å²) in [7, 11) is 1.59. The van der Waals surface area contributed by atoms with Gasteiger partial charge in [-0.2, -0.15) is 8.78 Å². The zero-order chi connectivity index (χ0) is 22.2. The van der Waals surface area contributed by atoms with Crippen molar-refractivity contribution in [2.24, 2.45) is 0 Å². The first-order valence-corrected chi connectivity index (χ1v) is 9.50. The van der Waals surface area contributed by atoms with Crippen LogP contribution in [0.15, 0.2) is 53.5 Å². The minimum Gasteiger partial charge on any atom is -0.463 e. The highest BCUT2D eigenvalue weighted by atomic mass is 19.3. The normalized spacial score (nSPS) is 18.3. The van der Waals surface area contributed by atoms with E-state index in [1.54, 1.807) is 37.4 Å². The van der Waals surface area contributed by atoms with Gasteiger partial charge in [-0.1, -0.05) is 18.7 Å². The Morgan fingerprint density at radius 1 is 1.16 bits per heavy atom. The van der Waals surface area contributed by atoms with E-state index in [2.05, 4.69) is 16.8 Å². The number of fused-ring (bicyclic) bond motifs is 1. The average molecular weight is 431 g/mol. The van der Waals surface area contributed by atoms with Gasteiger partial charge in [0, 0.05) is 36.0 Å². The molecule has 3 aromatic rings. The summed E-state index contributed by atoms with van der Waals surface area (Å²) in [6.45, 7) is 6.94. The third kappa shape index (κ3) is 3.76. The van der Waals surface area contributed by atoms with Crippen LogP contribution in [0.1, 0.15) is 30.4 Å². The summed E-state index contributed by atoms with van der Waals surface area (Å²) in [5.74, 6) is -0.587. The minimum absolute atomic E-state index is 0.0267. The summed E-state index contributed by atoms with van der Waals surface area (Å²) in [6, 6.07) is 11.1. The molecule has 0 bridgehead atoms. The molecule has 2 aromatic carbocycles. The molecule has 1 unspecified atom stereocenters. The van der Waals surface area contributed by atoms with E-state index in [-0.39, 0.29) is 11.7 Å². The van der Waals surface area contributed by atoms with Crippen LogP contribution in [0.3, 0.4) is 0 Å². The maximum Gasteiger partial charge on any atom is 0.314 e. The summed E-state index contributed by atoms with van der Waals surface area (Å²) in [5, 5.41) is 7.07. The standard InChI is InChI=1S/C22H20F3N3O3/c1-13-17-12-14(20-26-27-21(30-20)19(24)25)4-9-18(17)31-22(2,28(13)10-11-29-3)15-5-7-16(23)8-6-15/h4-9,12,19H,1,10-11H2,2-3H3. The highest BCUT2D eigenvalue weighted by Crippen LogP contribution is 2.45. The molecule has 6 nitrogen and oxygen atoms in total. The predicted molar refractivity (Wildman–Crippen MR) is 107 cm³/mol. The molecule has 9 heteroatoms. The van der Waals surface area contributed by atoms with E-state index in [0.29, 0.717) is 35.7 Å². The van der Waals surface area contributed by atoms with Gasteiger partial charge in [0.2, 0.25) is 11.6 Å². The fourth-order valence-electron chi connectivity index (χ4n) is 3.59. The second kappa shape index (κ2) is 8.07. The molecule has 0 saturated heterocycles. The van der Waals surface area contributed by atoms with Crippen LogP contribution in [0.5, 0.6) is 5.75 Å². The Kier molecular flexibility index (Phi) is 5.45. The molecule has 0 saturated carbocycles. The number of methoxy groups -OCH3 is 1. The van der Waals surface area contributed by atoms with E-state index < -0.39 is 18.0 Å². The smallest absolute Gasteiger partial charge is 0.314 e. The Bertz CT molecular complexity index is 1100. The van der Waals surface area contributed by atoms with Gasteiger partial charge in [-0.15, -0.1) is 10.2 Å². The molecule has 31 heavy (non-hydrogen) atoms. The number of halogens is 3. The van der Waals surface area contributed by atoms with E-state index in [0.717, 1.165) is 5.56 Å². The van der Waals surface area contributed by atoms with Gasteiger partial charge in [-0.3, -0.25) is 0 Å². The van der Waals surface area contributed by atoms with Crippen molar-refractivity contribution in [2.45, 2.75) is 19.1 Å². The van der Waals surface area contributed by atoms with Crippen LogP contribution >= 0.6 is 0 Å². The molecule has 1 aliphatic heterocycles. The Labute approximate surface area is 176 Å². The van der Waals surface area contributed by atoms with Crippen molar-refractivity contribution in [3.8, 4) is 17.2 Å². The monoisotopic (exact) mass is 431 g/mol. The fourth-order valence-corrected chi connectivity index (χ4v) is 3.59. The Morgan fingerprint density at radius 3 is 2.55 bits per heavy atom. The van der Waals surface area contributed by atoms with Crippen molar-refractivity contribution in [3.05, 3.63) is 71.9 Å². The van der Waals surface area contributed by atoms with Crippen LogP contribution in [0.4, 0.5) is 13.2 Å². The lowest BCUT2D eigenvalue weighted by molar-refractivity contribution is -0.0578. The molecule has 1 atom stereocenters. The first-order chi connectivity index (χ1) is 14.8. The zero-order valence-corrected chi connectivity index (χ0v) is 16.9. The Balaban J connectivity index is 1.76. The third-order valence-corrected chi connectivity index (χ3v) is 5.21. The van der Waals surface area contributed by atoms with Gasteiger partial charge in [-0.05, 0) is 37.3 Å². The van der Waals surface area contributed by atoms with Crippen molar-refractivity contribution in [2.75, 3.05) is 20.3 Å². The van der Waals surface area contributed by atoms with E-state index in [4.69, 9.17) is 13.9 Å². The van der Waals surface area contributed by atoms with Gasteiger partial charge in [0.1, 0.15) is 11.6 Å². The van der Waals surface area contributed by atoms with Gasteiger partial charge in [-0.25, -0.2) is 4.39 Å². The molecule has 2 heterocycles. The molecule has 4 rings (SSSR count). The van der Waals surface area contributed by atoms with Crippen molar-refractivity contribution < 1.29 is 27.1 Å². The van der Waals surface area contributed by atoms with Gasteiger partial charge in [0.05, 0.1) is 6.61 Å². The van der Waals surface area contributed by atoms with E-state index >= 15 is 0 Å². The third-order valence-electron chi connectivity index (χ3n) is 5.21. The molecule has 0 radical (unpaired) electrons. The molecule has 1 aliphatic rings. The van der Waals surface area contributed by atoms with Gasteiger partial charge in [0.15, 0.2) is 0 Å². The number of hydrogen-bond donors (Lipinski definition) is 0. The molecular weight excluding hydrogens is 411 g/mol. The van der Waals surface area contributed by atoms with Gasteiger partial charge >= 0.3 is 6.43 Å². The number of ether oxygens (including phenoxy) is 2. The largest absolute Gasteiger partial charge is 0.463 e. The van der Waals surface area contributed by atoms with E-state index in [1.807, 2.05) is 11.8 Å². The second-order valence-electron chi connectivity index (χ2n) is 7.14. The van der Waals surface area contributed by atoms with Crippen LogP contribution in [-0.4, -0.2) is 35.4 Å². The molecule has 1 aromatic heterocycles. The second-order valence-corrected chi connectivity index (χ2v) is 7.14. The summed E-state index contributed by atoms with van der Waals surface area (Å²) >= 11 is 0. The summed E-state index contributed by atoms with van der Waals surface area (Å²) in [6.07, 6.45) is -2.85. The topological polar surface area (TPSA) is 60.6 Å². The number of hydrogen-bond acceptors (Lipinski definition) is 6. The quantitative estimate of drug-likeness (QED) is 0.548. The fraction of sp³-hybridized carbons (Fsp3) is 0.273. The number of rotatable bonds is 6. The molecule has 0 spiro atoms. The lowest BCUT2D eigenvalue weighted by atomic mass is 9.96. The highest BCUT2D eigenvalue weighted by molar-refractivity contribution is 5.74. The molecule has 162 valence electrons. The zero-order valence-electron chi connectivity index (χ0n) is 16.9. The number of benzene rings is 2. The van der Waals surface area contributed by atoms with Crippen molar-refractivity contribution in [1.82, 2.24) is 15.1 Å². The van der Waals surface area contributed by atoms with Crippen LogP contribution in [0, 0.1) is 5.82 Å². The van der Waals surface area contributed by atoms with Crippen LogP contribution in [0.25, 0.3) is 17.2 Å². The lowest BCUT2D eigenvalue weighted by Crippen LogP contribution is -2.50. The molecule has 0 N–H and O–H groups in total. The van der Waals surface area contributed by atoms with Crippen LogP contribution < -0.4 is 4.74 Å². The summed E-state index contributed by atoms with van der Waals surface area (Å²) in [4.78, 5) is 1.91.